The molecule has 1 aromatic heterocycles. The van der Waals surface area contributed by atoms with Gasteiger partial charge in [0.15, 0.2) is 0 Å². The molecule has 8 heteroatoms. The van der Waals surface area contributed by atoms with E-state index in [0.29, 0.717) is 23.6 Å². The van der Waals surface area contributed by atoms with Gasteiger partial charge < -0.3 is 11.1 Å². The lowest BCUT2D eigenvalue weighted by atomic mass is 10.1. The van der Waals surface area contributed by atoms with Crippen LogP contribution in [-0.4, -0.2) is 31.4 Å². The molecule has 0 fully saturated rings. The van der Waals surface area contributed by atoms with E-state index in [2.05, 4.69) is 14.4 Å². The van der Waals surface area contributed by atoms with Gasteiger partial charge >= 0.3 is 0 Å². The number of nitrogens with zero attached hydrogens (tertiary/aromatic N) is 1. The van der Waals surface area contributed by atoms with Crippen LogP contribution in [0.3, 0.4) is 0 Å². The average molecular weight is 342 g/mol. The first-order valence-corrected chi connectivity index (χ1v) is 9.36. The number of nitrogens with two attached hydrogens (primary N) is 1. The topological polar surface area (TPSA) is 97.1 Å². The van der Waals surface area contributed by atoms with E-state index in [0.717, 1.165) is 11.8 Å². The van der Waals surface area contributed by atoms with Gasteiger partial charge in [0, 0.05) is 17.5 Å². The number of rotatable bonds is 6. The van der Waals surface area contributed by atoms with Crippen LogP contribution in [-0.2, 0) is 10.0 Å². The lowest BCUT2D eigenvalue weighted by Crippen LogP contribution is -2.40. The van der Waals surface area contributed by atoms with Gasteiger partial charge in [-0.05, 0) is 57.4 Å². The van der Waals surface area contributed by atoms with Crippen molar-refractivity contribution in [3.8, 4) is 0 Å². The summed E-state index contributed by atoms with van der Waals surface area (Å²) in [4.78, 5) is 0.268. The Morgan fingerprint density at radius 2 is 2.05 bits per heavy atom. The molecule has 0 aliphatic carbocycles. The number of hydrogen-bond acceptors (Lipinski definition) is 6. The molecular weight excluding hydrogens is 320 g/mol. The molecule has 6 nitrogen and oxygen atoms in total. The number of anilines is 1. The SMILES string of the molecule is CC(C)(C)NS(=O)(=O)c1cccc2c(NCCCN)nsc12. The van der Waals surface area contributed by atoms with E-state index >= 15 is 0 Å². The molecule has 0 spiro atoms. The number of hydrogen-bond donors (Lipinski definition) is 3. The zero-order valence-electron chi connectivity index (χ0n) is 13.0. The van der Waals surface area contributed by atoms with Crippen molar-refractivity contribution < 1.29 is 8.42 Å². The van der Waals surface area contributed by atoms with E-state index in [1.165, 1.54) is 11.5 Å². The van der Waals surface area contributed by atoms with Gasteiger partial charge in [0.1, 0.15) is 10.7 Å². The van der Waals surface area contributed by atoms with E-state index in [9.17, 15) is 8.42 Å². The fourth-order valence-corrected chi connectivity index (χ4v) is 4.78. The lowest BCUT2D eigenvalue weighted by Gasteiger charge is -2.20. The Morgan fingerprint density at radius 1 is 1.32 bits per heavy atom. The summed E-state index contributed by atoms with van der Waals surface area (Å²) >= 11 is 1.19. The Hall–Kier alpha value is -1.22. The molecule has 0 radical (unpaired) electrons. The maximum atomic E-state index is 12.6. The number of nitrogens with one attached hydrogen (secondary N) is 2. The molecule has 0 aliphatic rings. The third-order valence-corrected chi connectivity index (χ3v) is 5.69. The van der Waals surface area contributed by atoms with Crippen molar-refractivity contribution in [3.63, 3.8) is 0 Å². The summed E-state index contributed by atoms with van der Waals surface area (Å²) in [5, 5.41) is 4.02. The van der Waals surface area contributed by atoms with Gasteiger partial charge in [0.2, 0.25) is 10.0 Å². The first-order valence-electron chi connectivity index (χ1n) is 7.11. The molecule has 0 saturated heterocycles. The van der Waals surface area contributed by atoms with Gasteiger partial charge in [-0.3, -0.25) is 0 Å². The molecule has 0 bridgehead atoms. The standard InChI is InChI=1S/C14H22N4O2S2/c1-14(2,3)18-22(19,20)11-7-4-6-10-12(11)21-17-13(10)16-9-5-8-15/h4,6-7,18H,5,8-9,15H2,1-3H3,(H,16,17). The molecule has 1 aromatic carbocycles. The minimum Gasteiger partial charge on any atom is -0.369 e. The quantitative estimate of drug-likeness (QED) is 0.699. The van der Waals surface area contributed by atoms with Crippen molar-refractivity contribution in [2.75, 3.05) is 18.4 Å². The van der Waals surface area contributed by atoms with Crippen LogP contribution in [0.5, 0.6) is 0 Å². The number of sulfonamides is 1. The molecule has 0 aliphatic heterocycles. The zero-order chi connectivity index (χ0) is 16.4. The highest BCUT2D eigenvalue weighted by Crippen LogP contribution is 2.32. The third-order valence-electron chi connectivity index (χ3n) is 2.87. The number of fused-ring (bicyclic) bond motifs is 1. The summed E-state index contributed by atoms with van der Waals surface area (Å²) in [6.45, 7) is 6.77. The Morgan fingerprint density at radius 3 is 2.68 bits per heavy atom. The predicted molar refractivity (Wildman–Crippen MR) is 91.9 cm³/mol. The maximum Gasteiger partial charge on any atom is 0.242 e. The van der Waals surface area contributed by atoms with Crippen molar-refractivity contribution in [3.05, 3.63) is 18.2 Å². The van der Waals surface area contributed by atoms with Gasteiger partial charge in [0.05, 0.1) is 4.70 Å². The second-order valence-electron chi connectivity index (χ2n) is 6.09. The molecule has 1 heterocycles. The third kappa shape index (κ3) is 3.95. The smallest absolute Gasteiger partial charge is 0.242 e. The van der Waals surface area contributed by atoms with E-state index < -0.39 is 15.6 Å². The summed E-state index contributed by atoms with van der Waals surface area (Å²) in [6.07, 6.45) is 0.836. The Kier molecular flexibility index (Phi) is 5.06. The number of aromatic nitrogens is 1. The second-order valence-corrected chi connectivity index (χ2v) is 8.51. The molecule has 4 N–H and O–H groups in total. The highest BCUT2D eigenvalue weighted by atomic mass is 32.2. The van der Waals surface area contributed by atoms with Crippen molar-refractivity contribution >= 4 is 37.5 Å². The molecular formula is C14H22N4O2S2. The second kappa shape index (κ2) is 6.49. The van der Waals surface area contributed by atoms with Gasteiger partial charge in [-0.25, -0.2) is 13.1 Å². The molecule has 22 heavy (non-hydrogen) atoms. The summed E-state index contributed by atoms with van der Waals surface area (Å²) in [5.41, 5.74) is 4.94. The van der Waals surface area contributed by atoms with E-state index in [1.54, 1.807) is 12.1 Å². The van der Waals surface area contributed by atoms with Crippen molar-refractivity contribution in [1.82, 2.24) is 9.10 Å². The van der Waals surface area contributed by atoms with Crippen LogP contribution >= 0.6 is 11.5 Å². The highest BCUT2D eigenvalue weighted by Gasteiger charge is 2.25. The van der Waals surface area contributed by atoms with Gasteiger partial charge in [-0.15, -0.1) is 0 Å². The van der Waals surface area contributed by atoms with Crippen LogP contribution in [0.1, 0.15) is 27.2 Å². The Labute approximate surface area is 135 Å². The van der Waals surface area contributed by atoms with Crippen LogP contribution in [0.25, 0.3) is 10.1 Å². The molecule has 122 valence electrons. The highest BCUT2D eigenvalue weighted by molar-refractivity contribution is 7.90. The first kappa shape index (κ1) is 17.1. The average Bonchev–Trinajstić information content (AvgIpc) is 2.79. The largest absolute Gasteiger partial charge is 0.369 e. The summed E-state index contributed by atoms with van der Waals surface area (Å²) < 4.78 is 32.8. The zero-order valence-corrected chi connectivity index (χ0v) is 14.6. The van der Waals surface area contributed by atoms with Crippen LogP contribution in [0.4, 0.5) is 5.82 Å². The molecule has 0 saturated carbocycles. The molecule has 0 atom stereocenters. The predicted octanol–water partition coefficient (Wildman–Crippen LogP) is 2.13. The Bertz CT molecular complexity index is 748. The minimum absolute atomic E-state index is 0.268. The summed E-state index contributed by atoms with van der Waals surface area (Å²) in [6, 6.07) is 5.22. The fraction of sp³-hybridized carbons (Fsp3) is 0.500. The van der Waals surface area contributed by atoms with Crippen LogP contribution in [0, 0.1) is 0 Å². The molecule has 2 aromatic rings. The van der Waals surface area contributed by atoms with E-state index in [1.807, 2.05) is 26.8 Å². The van der Waals surface area contributed by atoms with Gasteiger partial charge in [-0.1, -0.05) is 6.07 Å². The maximum absolute atomic E-state index is 12.6. The van der Waals surface area contributed by atoms with Gasteiger partial charge in [-0.2, -0.15) is 4.37 Å². The molecule has 0 amide bonds. The summed E-state index contributed by atoms with van der Waals surface area (Å²) in [5.74, 6) is 0.709. The van der Waals surface area contributed by atoms with E-state index in [4.69, 9.17) is 5.73 Å². The fourth-order valence-electron chi connectivity index (χ4n) is 2.04. The Balaban J connectivity index is 2.40. The van der Waals surface area contributed by atoms with E-state index in [-0.39, 0.29) is 4.90 Å². The minimum atomic E-state index is -3.58. The van der Waals surface area contributed by atoms with Crippen LogP contribution in [0.2, 0.25) is 0 Å². The molecule has 0 unspecified atom stereocenters. The van der Waals surface area contributed by atoms with Crippen molar-refractivity contribution in [2.24, 2.45) is 5.73 Å². The summed E-state index contributed by atoms with van der Waals surface area (Å²) in [7, 11) is -3.58. The van der Waals surface area contributed by atoms with Crippen molar-refractivity contribution in [2.45, 2.75) is 37.6 Å². The molecule has 2 rings (SSSR count). The number of benzene rings is 1. The van der Waals surface area contributed by atoms with Crippen LogP contribution in [0.15, 0.2) is 23.1 Å². The van der Waals surface area contributed by atoms with Gasteiger partial charge in [0.25, 0.3) is 0 Å². The normalized spacial score (nSPS) is 12.7. The first-order chi connectivity index (χ1) is 10.2. The monoisotopic (exact) mass is 342 g/mol. The van der Waals surface area contributed by atoms with Crippen LogP contribution < -0.4 is 15.8 Å². The lowest BCUT2D eigenvalue weighted by molar-refractivity contribution is 0.492. The van der Waals surface area contributed by atoms with Crippen molar-refractivity contribution in [1.29, 1.82) is 0 Å².